The first kappa shape index (κ1) is 17.0. The summed E-state index contributed by atoms with van der Waals surface area (Å²) in [6.45, 7) is 4.99. The maximum atomic E-state index is 13.7. The van der Waals surface area contributed by atoms with Gasteiger partial charge in [0.2, 0.25) is 11.8 Å². The first-order valence-corrected chi connectivity index (χ1v) is 7.29. The molecular weight excluding hydrogens is 301 g/mol. The third-order valence-electron chi connectivity index (χ3n) is 3.33. The van der Waals surface area contributed by atoms with Crippen molar-refractivity contribution < 1.29 is 18.4 Å². The molecule has 0 aliphatic rings. The third-order valence-corrected chi connectivity index (χ3v) is 3.33. The predicted octanol–water partition coefficient (Wildman–Crippen LogP) is 2.59. The molecule has 7 heteroatoms. The average molecular weight is 321 g/mol. The number of anilines is 1. The summed E-state index contributed by atoms with van der Waals surface area (Å²) in [5, 5.41) is 6.34. The van der Waals surface area contributed by atoms with Crippen molar-refractivity contribution in [3.05, 3.63) is 41.3 Å². The topological polar surface area (TPSA) is 67.6 Å². The number of amides is 1. The molecule has 0 bridgehead atoms. The molecule has 0 unspecified atom stereocenters. The maximum absolute atomic E-state index is 13.7. The number of aryl methyl sites for hydroxylation is 1. The van der Waals surface area contributed by atoms with Gasteiger partial charge in [0.05, 0.1) is 19.3 Å². The lowest BCUT2D eigenvalue weighted by atomic mass is 10.2. The molecule has 0 radical (unpaired) electrons. The standard InChI is InChI=1S/C16H20FN3O3/c1-4-20(9-12-5-6-14(22-3)13(17)8-12)10-15(21)18-16-7-11(2)19-23-16/h5-8H,4,9-10H2,1-3H3,(H,18,21). The number of hydrogen-bond donors (Lipinski definition) is 1. The Morgan fingerprint density at radius 2 is 2.22 bits per heavy atom. The van der Waals surface area contributed by atoms with E-state index in [2.05, 4.69) is 10.5 Å². The maximum Gasteiger partial charge on any atom is 0.240 e. The Kier molecular flexibility index (Phi) is 5.70. The first-order valence-electron chi connectivity index (χ1n) is 7.29. The molecule has 1 amide bonds. The lowest BCUT2D eigenvalue weighted by Crippen LogP contribution is -2.32. The number of aromatic nitrogens is 1. The number of nitrogens with one attached hydrogen (secondary N) is 1. The molecule has 0 saturated heterocycles. The molecule has 1 N–H and O–H groups in total. The number of carbonyl (C=O) groups is 1. The number of carbonyl (C=O) groups excluding carboxylic acids is 1. The van der Waals surface area contributed by atoms with E-state index in [-0.39, 0.29) is 18.2 Å². The molecule has 1 aromatic heterocycles. The number of rotatable bonds is 7. The highest BCUT2D eigenvalue weighted by Gasteiger charge is 2.13. The van der Waals surface area contributed by atoms with Crippen LogP contribution in [0.15, 0.2) is 28.8 Å². The van der Waals surface area contributed by atoms with E-state index in [1.165, 1.54) is 13.2 Å². The lowest BCUT2D eigenvalue weighted by Gasteiger charge is -2.19. The minimum Gasteiger partial charge on any atom is -0.494 e. The normalized spacial score (nSPS) is 10.8. The van der Waals surface area contributed by atoms with E-state index in [0.29, 0.717) is 24.7 Å². The van der Waals surface area contributed by atoms with Crippen molar-refractivity contribution in [2.45, 2.75) is 20.4 Å². The van der Waals surface area contributed by atoms with Crippen molar-refractivity contribution in [2.75, 3.05) is 25.5 Å². The van der Waals surface area contributed by atoms with Crippen LogP contribution in [0.2, 0.25) is 0 Å². The van der Waals surface area contributed by atoms with E-state index in [1.807, 2.05) is 11.8 Å². The van der Waals surface area contributed by atoms with Crippen molar-refractivity contribution in [1.82, 2.24) is 10.1 Å². The van der Waals surface area contributed by atoms with Crippen LogP contribution in [0.4, 0.5) is 10.3 Å². The van der Waals surface area contributed by atoms with Gasteiger partial charge in [-0.25, -0.2) is 4.39 Å². The van der Waals surface area contributed by atoms with Crippen molar-refractivity contribution in [3.63, 3.8) is 0 Å². The molecule has 2 aromatic rings. The Labute approximate surface area is 134 Å². The van der Waals surface area contributed by atoms with Gasteiger partial charge < -0.3 is 9.26 Å². The van der Waals surface area contributed by atoms with Crippen LogP contribution in [0.3, 0.4) is 0 Å². The fourth-order valence-corrected chi connectivity index (χ4v) is 2.15. The Bertz CT molecular complexity index is 672. The highest BCUT2D eigenvalue weighted by molar-refractivity contribution is 5.90. The van der Waals surface area contributed by atoms with Crippen LogP contribution in [-0.4, -0.2) is 36.2 Å². The molecule has 0 aliphatic carbocycles. The van der Waals surface area contributed by atoms with Gasteiger partial charge in [-0.2, -0.15) is 0 Å². The number of methoxy groups -OCH3 is 1. The second kappa shape index (κ2) is 7.73. The number of nitrogens with zero attached hydrogens (tertiary/aromatic N) is 2. The van der Waals surface area contributed by atoms with Crippen LogP contribution in [0.25, 0.3) is 0 Å². The van der Waals surface area contributed by atoms with Gasteiger partial charge >= 0.3 is 0 Å². The summed E-state index contributed by atoms with van der Waals surface area (Å²) in [4.78, 5) is 13.9. The number of halogens is 1. The van der Waals surface area contributed by atoms with Crippen LogP contribution < -0.4 is 10.1 Å². The Hall–Kier alpha value is -2.41. The van der Waals surface area contributed by atoms with E-state index < -0.39 is 5.82 Å². The van der Waals surface area contributed by atoms with Crippen molar-refractivity contribution >= 4 is 11.8 Å². The smallest absolute Gasteiger partial charge is 0.240 e. The monoisotopic (exact) mass is 321 g/mol. The van der Waals surface area contributed by atoms with Crippen LogP contribution in [0.1, 0.15) is 18.2 Å². The summed E-state index contributed by atoms with van der Waals surface area (Å²) in [5.41, 5.74) is 1.47. The van der Waals surface area contributed by atoms with Gasteiger partial charge in [0, 0.05) is 12.6 Å². The van der Waals surface area contributed by atoms with Crippen molar-refractivity contribution in [2.24, 2.45) is 0 Å². The zero-order chi connectivity index (χ0) is 16.8. The van der Waals surface area contributed by atoms with Crippen LogP contribution in [-0.2, 0) is 11.3 Å². The fourth-order valence-electron chi connectivity index (χ4n) is 2.15. The van der Waals surface area contributed by atoms with Gasteiger partial charge in [-0.05, 0) is 31.2 Å². The predicted molar refractivity (Wildman–Crippen MR) is 83.8 cm³/mol. The summed E-state index contributed by atoms with van der Waals surface area (Å²) < 4.78 is 23.6. The van der Waals surface area contributed by atoms with Crippen molar-refractivity contribution in [3.8, 4) is 5.75 Å². The zero-order valence-electron chi connectivity index (χ0n) is 13.4. The molecule has 124 valence electrons. The molecular formula is C16H20FN3O3. The summed E-state index contributed by atoms with van der Waals surface area (Å²) >= 11 is 0. The highest BCUT2D eigenvalue weighted by atomic mass is 19.1. The zero-order valence-corrected chi connectivity index (χ0v) is 13.4. The van der Waals surface area contributed by atoms with E-state index in [4.69, 9.17) is 9.26 Å². The minimum absolute atomic E-state index is 0.171. The van der Waals surface area contributed by atoms with E-state index in [1.54, 1.807) is 25.1 Å². The van der Waals surface area contributed by atoms with Gasteiger partial charge in [0.1, 0.15) is 0 Å². The molecule has 2 rings (SSSR count). The van der Waals surface area contributed by atoms with Gasteiger partial charge in [-0.1, -0.05) is 18.1 Å². The number of hydrogen-bond acceptors (Lipinski definition) is 5. The Morgan fingerprint density at radius 3 is 2.78 bits per heavy atom. The molecule has 6 nitrogen and oxygen atoms in total. The van der Waals surface area contributed by atoms with E-state index in [9.17, 15) is 9.18 Å². The van der Waals surface area contributed by atoms with Gasteiger partial charge in [0.15, 0.2) is 11.6 Å². The second-order valence-electron chi connectivity index (χ2n) is 5.15. The molecule has 0 atom stereocenters. The number of ether oxygens (including phenoxy) is 1. The Morgan fingerprint density at radius 1 is 1.43 bits per heavy atom. The van der Waals surface area contributed by atoms with Crippen LogP contribution in [0.5, 0.6) is 5.75 Å². The van der Waals surface area contributed by atoms with E-state index >= 15 is 0 Å². The number of benzene rings is 1. The molecule has 0 fully saturated rings. The molecule has 1 heterocycles. The molecule has 0 spiro atoms. The van der Waals surface area contributed by atoms with Gasteiger partial charge in [-0.3, -0.25) is 15.0 Å². The number of likely N-dealkylation sites (N-methyl/N-ethyl adjacent to an activating group) is 1. The third kappa shape index (κ3) is 4.79. The molecule has 0 aliphatic heterocycles. The summed E-state index contributed by atoms with van der Waals surface area (Å²) in [6, 6.07) is 6.42. The highest BCUT2D eigenvalue weighted by Crippen LogP contribution is 2.18. The van der Waals surface area contributed by atoms with Crippen molar-refractivity contribution in [1.29, 1.82) is 0 Å². The Balaban J connectivity index is 1.94. The summed E-state index contributed by atoms with van der Waals surface area (Å²) in [5.74, 6) is -0.103. The van der Waals surface area contributed by atoms with E-state index in [0.717, 1.165) is 5.56 Å². The largest absolute Gasteiger partial charge is 0.494 e. The average Bonchev–Trinajstić information content (AvgIpc) is 2.91. The van der Waals surface area contributed by atoms with Crippen LogP contribution in [0, 0.1) is 12.7 Å². The molecule has 23 heavy (non-hydrogen) atoms. The minimum atomic E-state index is -0.414. The fraction of sp³-hybridized carbons (Fsp3) is 0.375. The van der Waals surface area contributed by atoms with Gasteiger partial charge in [-0.15, -0.1) is 0 Å². The molecule has 0 saturated carbocycles. The molecule has 1 aromatic carbocycles. The summed E-state index contributed by atoms with van der Waals surface area (Å²) in [7, 11) is 1.42. The SMILES string of the molecule is CCN(CC(=O)Nc1cc(C)no1)Cc1ccc(OC)c(F)c1. The second-order valence-corrected chi connectivity index (χ2v) is 5.15. The summed E-state index contributed by atoms with van der Waals surface area (Å²) in [6.07, 6.45) is 0. The van der Waals surface area contributed by atoms with Gasteiger partial charge in [0.25, 0.3) is 0 Å². The lowest BCUT2D eigenvalue weighted by molar-refractivity contribution is -0.117. The quantitative estimate of drug-likeness (QED) is 0.849. The first-order chi connectivity index (χ1) is 11.0. The van der Waals surface area contributed by atoms with Crippen LogP contribution >= 0.6 is 0 Å².